The van der Waals surface area contributed by atoms with Gasteiger partial charge >= 0.3 is 0 Å². The van der Waals surface area contributed by atoms with E-state index in [0.717, 1.165) is 16.5 Å². The molecule has 0 saturated carbocycles. The number of rotatable bonds is 4. The van der Waals surface area contributed by atoms with Crippen LogP contribution in [0.1, 0.15) is 45.6 Å². The van der Waals surface area contributed by atoms with Crippen molar-refractivity contribution < 1.29 is 4.79 Å². The Morgan fingerprint density at radius 1 is 1.19 bits per heavy atom. The Bertz CT molecular complexity index is 714. The lowest BCUT2D eigenvalue weighted by Crippen LogP contribution is -2.14. The maximum Gasteiger partial charge on any atom is 0.248 e. The Morgan fingerprint density at radius 2 is 1.90 bits per heavy atom. The number of nitrogens with one attached hydrogen (secondary N) is 2. The van der Waals surface area contributed by atoms with Crippen LogP contribution >= 0.6 is 0 Å². The Morgan fingerprint density at radius 3 is 2.52 bits per heavy atom. The fraction of sp³-hybridized carbons (Fsp3) is 0.412. The second kappa shape index (κ2) is 6.12. The highest BCUT2D eigenvalue weighted by atomic mass is 16.1. The van der Waals surface area contributed by atoms with Gasteiger partial charge < -0.3 is 10.3 Å². The van der Waals surface area contributed by atoms with Crippen LogP contribution < -0.4 is 10.9 Å². The number of hydrogen-bond acceptors (Lipinski definition) is 2. The molecule has 2 N–H and O–H groups in total. The number of H-pyrrole nitrogens is 1. The number of carbonyl (C=O) groups is 1. The zero-order valence-electron chi connectivity index (χ0n) is 13.0. The lowest BCUT2D eigenvalue weighted by molar-refractivity contribution is -0.116. The zero-order chi connectivity index (χ0) is 15.6. The minimum Gasteiger partial charge on any atom is -0.326 e. The summed E-state index contributed by atoms with van der Waals surface area (Å²) in [6.07, 6.45) is 0.487. The predicted molar refractivity (Wildman–Crippen MR) is 86.7 cm³/mol. The van der Waals surface area contributed by atoms with Crippen LogP contribution in [-0.2, 0) is 4.79 Å². The van der Waals surface area contributed by atoms with E-state index in [1.807, 2.05) is 32.0 Å². The average molecular weight is 286 g/mol. The molecule has 4 nitrogen and oxygen atoms in total. The molecule has 1 amide bonds. The second-order valence-corrected chi connectivity index (χ2v) is 6.15. The van der Waals surface area contributed by atoms with Gasteiger partial charge in [-0.3, -0.25) is 9.59 Å². The molecule has 0 aliphatic heterocycles. The summed E-state index contributed by atoms with van der Waals surface area (Å²) in [6, 6.07) is 7.29. The fourth-order valence-corrected chi connectivity index (χ4v) is 2.43. The highest BCUT2D eigenvalue weighted by molar-refractivity contribution is 5.94. The van der Waals surface area contributed by atoms with Gasteiger partial charge in [0.2, 0.25) is 11.5 Å². The van der Waals surface area contributed by atoms with Gasteiger partial charge in [0, 0.05) is 23.6 Å². The topological polar surface area (TPSA) is 62.0 Å². The third kappa shape index (κ3) is 3.72. The van der Waals surface area contributed by atoms with E-state index in [1.54, 1.807) is 6.07 Å². The van der Waals surface area contributed by atoms with Gasteiger partial charge in [0.25, 0.3) is 0 Å². The van der Waals surface area contributed by atoms with Gasteiger partial charge in [-0.25, -0.2) is 0 Å². The highest BCUT2D eigenvalue weighted by Gasteiger charge is 2.09. The molecule has 21 heavy (non-hydrogen) atoms. The van der Waals surface area contributed by atoms with Crippen LogP contribution in [0.2, 0.25) is 0 Å². The summed E-state index contributed by atoms with van der Waals surface area (Å²) in [6.45, 7) is 8.14. The van der Waals surface area contributed by atoms with Crippen LogP contribution in [0.3, 0.4) is 0 Å². The summed E-state index contributed by atoms with van der Waals surface area (Å²) in [7, 11) is 0. The Hall–Kier alpha value is -2.10. The summed E-state index contributed by atoms with van der Waals surface area (Å²) < 4.78 is 0. The highest BCUT2D eigenvalue weighted by Crippen LogP contribution is 2.25. The largest absolute Gasteiger partial charge is 0.326 e. The average Bonchev–Trinajstić information content (AvgIpc) is 2.35. The molecule has 0 bridgehead atoms. The van der Waals surface area contributed by atoms with Crippen molar-refractivity contribution in [3.8, 4) is 0 Å². The number of anilines is 1. The molecule has 4 heteroatoms. The molecule has 0 aliphatic rings. The maximum absolute atomic E-state index is 11.8. The molecule has 0 aliphatic carbocycles. The van der Waals surface area contributed by atoms with Gasteiger partial charge in [0.1, 0.15) is 0 Å². The number of aromatic nitrogens is 1. The molecule has 112 valence electrons. The molecule has 0 atom stereocenters. The summed E-state index contributed by atoms with van der Waals surface area (Å²) >= 11 is 0. The summed E-state index contributed by atoms with van der Waals surface area (Å²) in [5, 5.41) is 3.89. The lowest BCUT2D eigenvalue weighted by Gasteiger charge is -2.12. The van der Waals surface area contributed by atoms with E-state index in [1.165, 1.54) is 0 Å². The molecular formula is C17H22N2O2. The first-order chi connectivity index (χ1) is 9.86. The van der Waals surface area contributed by atoms with Gasteiger partial charge in [-0.05, 0) is 29.5 Å². The fourth-order valence-electron chi connectivity index (χ4n) is 2.43. The summed E-state index contributed by atoms with van der Waals surface area (Å²) in [4.78, 5) is 26.4. The third-order valence-corrected chi connectivity index (χ3v) is 3.37. The number of pyridine rings is 1. The van der Waals surface area contributed by atoms with Gasteiger partial charge in [0.05, 0.1) is 5.52 Å². The van der Waals surface area contributed by atoms with E-state index < -0.39 is 0 Å². The zero-order valence-corrected chi connectivity index (χ0v) is 13.0. The normalized spacial score (nSPS) is 11.3. The first-order valence-electron chi connectivity index (χ1n) is 7.33. The van der Waals surface area contributed by atoms with E-state index in [0.29, 0.717) is 18.0 Å². The van der Waals surface area contributed by atoms with Crippen molar-refractivity contribution in [2.24, 2.45) is 5.92 Å². The van der Waals surface area contributed by atoms with Crippen molar-refractivity contribution in [2.75, 3.05) is 5.32 Å². The quantitative estimate of drug-likeness (QED) is 0.901. The molecule has 0 fully saturated rings. The molecule has 0 unspecified atom stereocenters. The third-order valence-electron chi connectivity index (χ3n) is 3.37. The van der Waals surface area contributed by atoms with E-state index in [9.17, 15) is 9.59 Å². The second-order valence-electron chi connectivity index (χ2n) is 6.15. The van der Waals surface area contributed by atoms with Crippen molar-refractivity contribution in [3.63, 3.8) is 0 Å². The Kier molecular flexibility index (Phi) is 4.46. The van der Waals surface area contributed by atoms with E-state index in [4.69, 9.17) is 0 Å². The molecule has 0 spiro atoms. The monoisotopic (exact) mass is 286 g/mol. The first-order valence-corrected chi connectivity index (χ1v) is 7.33. The van der Waals surface area contributed by atoms with Crippen molar-refractivity contribution in [2.45, 2.75) is 40.0 Å². The van der Waals surface area contributed by atoms with Crippen LogP contribution in [0.4, 0.5) is 5.69 Å². The molecule has 0 radical (unpaired) electrons. The minimum absolute atomic E-state index is 0.00767. The lowest BCUT2D eigenvalue weighted by atomic mass is 9.99. The van der Waals surface area contributed by atoms with Crippen molar-refractivity contribution in [1.29, 1.82) is 0 Å². The first kappa shape index (κ1) is 15.3. The number of carbonyl (C=O) groups excluding carboxylic acids is 1. The Labute approximate surface area is 124 Å². The summed E-state index contributed by atoms with van der Waals surface area (Å²) in [5.74, 6) is 0.584. The number of amides is 1. The number of aromatic amines is 1. The van der Waals surface area contributed by atoms with Gasteiger partial charge in [-0.15, -0.1) is 0 Å². The number of benzene rings is 1. The SMILES string of the molecule is CC(C)CC(=O)Nc1ccc2c(C(C)C)cc(=O)[nH]c2c1. The van der Waals surface area contributed by atoms with E-state index >= 15 is 0 Å². The van der Waals surface area contributed by atoms with Crippen molar-refractivity contribution >= 4 is 22.5 Å². The van der Waals surface area contributed by atoms with Crippen LogP contribution in [0.25, 0.3) is 10.9 Å². The summed E-state index contributed by atoms with van der Waals surface area (Å²) in [5.41, 5.74) is 2.38. The minimum atomic E-state index is -0.114. The molecule has 0 saturated heterocycles. The number of fused-ring (bicyclic) bond motifs is 1. The molecule has 1 aromatic carbocycles. The smallest absolute Gasteiger partial charge is 0.248 e. The Balaban J connectivity index is 2.38. The molecule has 2 rings (SSSR count). The molecule has 1 heterocycles. The van der Waals surface area contributed by atoms with Crippen LogP contribution in [0.5, 0.6) is 0 Å². The van der Waals surface area contributed by atoms with Gasteiger partial charge in [-0.1, -0.05) is 33.8 Å². The van der Waals surface area contributed by atoms with Crippen molar-refractivity contribution in [1.82, 2.24) is 4.98 Å². The van der Waals surface area contributed by atoms with Crippen LogP contribution in [0, 0.1) is 5.92 Å². The standard InChI is InChI=1S/C17H22N2O2/c1-10(2)7-16(20)18-12-5-6-13-14(11(3)4)9-17(21)19-15(13)8-12/h5-6,8-11H,7H2,1-4H3,(H,18,20)(H,19,21). The van der Waals surface area contributed by atoms with Crippen molar-refractivity contribution in [3.05, 3.63) is 40.2 Å². The molecule has 2 aromatic rings. The van der Waals surface area contributed by atoms with Crippen LogP contribution in [0.15, 0.2) is 29.1 Å². The maximum atomic E-state index is 11.8. The van der Waals surface area contributed by atoms with Gasteiger partial charge in [-0.2, -0.15) is 0 Å². The number of hydrogen-bond donors (Lipinski definition) is 2. The van der Waals surface area contributed by atoms with Gasteiger partial charge in [0.15, 0.2) is 0 Å². The van der Waals surface area contributed by atoms with E-state index in [2.05, 4.69) is 24.1 Å². The van der Waals surface area contributed by atoms with Crippen LogP contribution in [-0.4, -0.2) is 10.9 Å². The molecular weight excluding hydrogens is 264 g/mol. The van der Waals surface area contributed by atoms with E-state index in [-0.39, 0.29) is 17.4 Å². The predicted octanol–water partition coefficient (Wildman–Crippen LogP) is 3.64. The molecule has 1 aromatic heterocycles.